The zero-order valence-electron chi connectivity index (χ0n) is 16.7. The highest BCUT2D eigenvalue weighted by molar-refractivity contribution is 5.85. The van der Waals surface area contributed by atoms with Gasteiger partial charge in [-0.3, -0.25) is 9.69 Å². The summed E-state index contributed by atoms with van der Waals surface area (Å²) in [6.07, 6.45) is 7.16. The van der Waals surface area contributed by atoms with Crippen molar-refractivity contribution in [1.29, 1.82) is 0 Å². The number of halogens is 1. The lowest BCUT2D eigenvalue weighted by Crippen LogP contribution is -2.45. The summed E-state index contributed by atoms with van der Waals surface area (Å²) in [4.78, 5) is 14.7. The summed E-state index contributed by atoms with van der Waals surface area (Å²) in [6.45, 7) is 5.85. The van der Waals surface area contributed by atoms with Gasteiger partial charge in [-0.1, -0.05) is 12.1 Å². The Hall–Kier alpha value is -1.30. The van der Waals surface area contributed by atoms with Gasteiger partial charge in [-0.15, -0.1) is 12.4 Å². The van der Waals surface area contributed by atoms with Gasteiger partial charge in [0.2, 0.25) is 5.91 Å². The summed E-state index contributed by atoms with van der Waals surface area (Å²) < 4.78 is 5.83. The Bertz CT molecular complexity index is 615. The minimum absolute atomic E-state index is 0. The molecule has 6 heteroatoms. The zero-order chi connectivity index (χ0) is 18.5. The fourth-order valence-electron chi connectivity index (χ4n) is 4.19. The smallest absolute Gasteiger partial charge is 0.237 e. The first-order valence-electron chi connectivity index (χ1n) is 10.7. The van der Waals surface area contributed by atoms with Gasteiger partial charge in [0.1, 0.15) is 5.75 Å². The Kier molecular flexibility index (Phi) is 8.00. The van der Waals surface area contributed by atoms with Crippen LogP contribution in [-0.2, 0) is 11.3 Å². The van der Waals surface area contributed by atoms with E-state index in [2.05, 4.69) is 39.8 Å². The summed E-state index contributed by atoms with van der Waals surface area (Å²) in [5.41, 5.74) is 1.34. The Balaban J connectivity index is 0.00000225. The molecule has 156 valence electrons. The monoisotopic (exact) mass is 407 g/mol. The van der Waals surface area contributed by atoms with Crippen LogP contribution < -0.4 is 15.4 Å². The Labute approximate surface area is 175 Å². The molecule has 1 aliphatic carbocycles. The van der Waals surface area contributed by atoms with Crippen LogP contribution >= 0.6 is 12.4 Å². The molecule has 3 fully saturated rings. The van der Waals surface area contributed by atoms with E-state index < -0.39 is 0 Å². The van der Waals surface area contributed by atoms with Crippen molar-refractivity contribution < 1.29 is 9.53 Å². The number of amides is 1. The predicted molar refractivity (Wildman–Crippen MR) is 114 cm³/mol. The van der Waals surface area contributed by atoms with Crippen LogP contribution in [0.4, 0.5) is 0 Å². The number of rotatable bonds is 8. The molecule has 5 nitrogen and oxygen atoms in total. The first kappa shape index (κ1) is 21.4. The van der Waals surface area contributed by atoms with Gasteiger partial charge in [0, 0.05) is 19.6 Å². The molecule has 28 heavy (non-hydrogen) atoms. The molecule has 2 N–H and O–H groups in total. The maximum atomic E-state index is 12.2. The molecule has 1 saturated carbocycles. The Morgan fingerprint density at radius 3 is 2.64 bits per heavy atom. The number of hydrogen-bond acceptors (Lipinski definition) is 4. The quantitative estimate of drug-likeness (QED) is 0.695. The van der Waals surface area contributed by atoms with E-state index >= 15 is 0 Å². The Morgan fingerprint density at radius 2 is 1.93 bits per heavy atom. The molecule has 0 aromatic heterocycles. The van der Waals surface area contributed by atoms with Gasteiger partial charge in [0.25, 0.3) is 0 Å². The summed E-state index contributed by atoms with van der Waals surface area (Å²) in [7, 11) is 0. The van der Waals surface area contributed by atoms with Crippen molar-refractivity contribution >= 4 is 18.3 Å². The van der Waals surface area contributed by atoms with Crippen LogP contribution in [0.15, 0.2) is 24.3 Å². The molecular formula is C22H34ClN3O2. The fourth-order valence-corrected chi connectivity index (χ4v) is 4.19. The second-order valence-corrected chi connectivity index (χ2v) is 8.54. The standard InChI is InChI=1S/C22H33N3O2.ClH/c26-22(21-4-1-11-23-21)24-13-19-3-2-12-25(15-19)14-17-7-9-20(10-8-17)27-16-18-5-6-18;/h7-10,18-19,21,23H,1-6,11-16H2,(H,24,26);1H. The molecular weight excluding hydrogens is 374 g/mol. The van der Waals surface area contributed by atoms with E-state index in [1.807, 2.05) is 0 Å². The summed E-state index contributed by atoms with van der Waals surface area (Å²) >= 11 is 0. The normalized spacial score (nSPS) is 25.1. The van der Waals surface area contributed by atoms with E-state index in [1.54, 1.807) is 0 Å². The number of benzene rings is 1. The molecule has 0 bridgehead atoms. The van der Waals surface area contributed by atoms with Crippen LogP contribution in [0.3, 0.4) is 0 Å². The van der Waals surface area contributed by atoms with Gasteiger partial charge in [0.05, 0.1) is 12.6 Å². The van der Waals surface area contributed by atoms with Gasteiger partial charge >= 0.3 is 0 Å². The van der Waals surface area contributed by atoms with Gasteiger partial charge < -0.3 is 15.4 Å². The number of hydrogen-bond donors (Lipinski definition) is 2. The van der Waals surface area contributed by atoms with Crippen molar-refractivity contribution in [3.8, 4) is 5.75 Å². The third-order valence-corrected chi connectivity index (χ3v) is 6.06. The lowest BCUT2D eigenvalue weighted by Gasteiger charge is -2.33. The van der Waals surface area contributed by atoms with Crippen LogP contribution in [0.2, 0.25) is 0 Å². The van der Waals surface area contributed by atoms with E-state index in [-0.39, 0.29) is 24.4 Å². The van der Waals surface area contributed by atoms with E-state index in [9.17, 15) is 4.79 Å². The highest BCUT2D eigenvalue weighted by atomic mass is 35.5. The van der Waals surface area contributed by atoms with Crippen molar-refractivity contribution in [2.24, 2.45) is 11.8 Å². The largest absolute Gasteiger partial charge is 0.493 e. The number of nitrogens with zero attached hydrogens (tertiary/aromatic N) is 1. The number of carbonyl (C=O) groups is 1. The van der Waals surface area contributed by atoms with E-state index in [0.717, 1.165) is 63.8 Å². The molecule has 2 heterocycles. The van der Waals surface area contributed by atoms with Crippen molar-refractivity contribution in [3.05, 3.63) is 29.8 Å². The van der Waals surface area contributed by atoms with Crippen molar-refractivity contribution in [1.82, 2.24) is 15.5 Å². The van der Waals surface area contributed by atoms with Crippen molar-refractivity contribution in [2.75, 3.05) is 32.8 Å². The average Bonchev–Trinajstić information content (AvgIpc) is 3.36. The summed E-state index contributed by atoms with van der Waals surface area (Å²) in [5, 5.41) is 6.45. The first-order valence-corrected chi connectivity index (χ1v) is 10.7. The third-order valence-electron chi connectivity index (χ3n) is 6.06. The number of ether oxygens (including phenoxy) is 1. The third kappa shape index (κ3) is 6.36. The molecule has 2 atom stereocenters. The second-order valence-electron chi connectivity index (χ2n) is 8.54. The molecule has 1 aromatic rings. The summed E-state index contributed by atoms with van der Waals surface area (Å²) in [5.74, 6) is 2.53. The number of piperidine rings is 1. The molecule has 4 rings (SSSR count). The van der Waals surface area contributed by atoms with E-state index in [4.69, 9.17) is 4.74 Å². The molecule has 2 saturated heterocycles. The highest BCUT2D eigenvalue weighted by Gasteiger charge is 2.25. The summed E-state index contributed by atoms with van der Waals surface area (Å²) in [6, 6.07) is 8.63. The van der Waals surface area contributed by atoms with Gasteiger partial charge in [-0.05, 0) is 81.1 Å². The molecule has 3 aliphatic rings. The average molecular weight is 408 g/mol. The first-order chi connectivity index (χ1) is 13.3. The molecule has 0 spiro atoms. The molecule has 2 aliphatic heterocycles. The SMILES string of the molecule is Cl.O=C(NCC1CCCN(Cc2ccc(OCC3CC3)cc2)C1)C1CCCN1. The van der Waals surface area contributed by atoms with Gasteiger partial charge in [-0.2, -0.15) is 0 Å². The van der Waals surface area contributed by atoms with Gasteiger partial charge in [0.15, 0.2) is 0 Å². The molecule has 2 unspecified atom stereocenters. The van der Waals surface area contributed by atoms with Crippen molar-refractivity contribution in [2.45, 2.75) is 51.1 Å². The lowest BCUT2D eigenvalue weighted by atomic mass is 9.97. The maximum absolute atomic E-state index is 12.2. The maximum Gasteiger partial charge on any atom is 0.237 e. The fraction of sp³-hybridized carbons (Fsp3) is 0.682. The number of nitrogens with one attached hydrogen (secondary N) is 2. The topological polar surface area (TPSA) is 53.6 Å². The highest BCUT2D eigenvalue weighted by Crippen LogP contribution is 2.29. The number of likely N-dealkylation sites (tertiary alicyclic amines) is 1. The predicted octanol–water partition coefficient (Wildman–Crippen LogP) is 2.98. The molecule has 1 aromatic carbocycles. The minimum Gasteiger partial charge on any atom is -0.493 e. The van der Waals surface area contributed by atoms with Crippen LogP contribution in [0.25, 0.3) is 0 Å². The number of carbonyl (C=O) groups excluding carboxylic acids is 1. The van der Waals surface area contributed by atoms with Crippen LogP contribution in [0, 0.1) is 11.8 Å². The van der Waals surface area contributed by atoms with Crippen LogP contribution in [-0.4, -0.2) is 49.6 Å². The molecule has 0 radical (unpaired) electrons. The lowest BCUT2D eigenvalue weighted by molar-refractivity contribution is -0.123. The van der Waals surface area contributed by atoms with E-state index in [0.29, 0.717) is 5.92 Å². The second kappa shape index (κ2) is 10.5. The van der Waals surface area contributed by atoms with Crippen LogP contribution in [0.1, 0.15) is 44.1 Å². The van der Waals surface area contributed by atoms with Crippen LogP contribution in [0.5, 0.6) is 5.75 Å². The Morgan fingerprint density at radius 1 is 1.11 bits per heavy atom. The van der Waals surface area contributed by atoms with E-state index in [1.165, 1.54) is 31.2 Å². The minimum atomic E-state index is 0. The van der Waals surface area contributed by atoms with Crippen molar-refractivity contribution in [3.63, 3.8) is 0 Å². The van der Waals surface area contributed by atoms with Gasteiger partial charge in [-0.25, -0.2) is 0 Å². The zero-order valence-corrected chi connectivity index (χ0v) is 17.5. The molecule has 1 amide bonds.